The number of aromatic nitrogens is 1. The van der Waals surface area contributed by atoms with Gasteiger partial charge in [0.05, 0.1) is 0 Å². The van der Waals surface area contributed by atoms with E-state index in [2.05, 4.69) is 28.1 Å². The fourth-order valence-electron chi connectivity index (χ4n) is 3.34. The van der Waals surface area contributed by atoms with Crippen LogP contribution in [0.25, 0.3) is 0 Å². The summed E-state index contributed by atoms with van der Waals surface area (Å²) in [7, 11) is 0. The first-order valence-corrected chi connectivity index (χ1v) is 9.75. The number of amides is 1. The molecular formula is C21H21N3OS. The summed E-state index contributed by atoms with van der Waals surface area (Å²) in [5.74, 6) is 0.135. The molecule has 132 valence electrons. The Hall–Kier alpha value is -2.66. The third-order valence-corrected chi connectivity index (χ3v) is 5.57. The van der Waals surface area contributed by atoms with Crippen molar-refractivity contribution in [3.05, 3.63) is 82.9 Å². The SMILES string of the molecule is O=C(c1ccccc1Cc1ccccc1)N1CCN(c2nccs2)CC1. The summed E-state index contributed by atoms with van der Waals surface area (Å²) in [6.07, 6.45) is 2.61. The molecule has 1 fully saturated rings. The van der Waals surface area contributed by atoms with Crippen LogP contribution in [-0.2, 0) is 6.42 Å². The average Bonchev–Trinajstić information content (AvgIpc) is 3.24. The van der Waals surface area contributed by atoms with E-state index in [0.717, 1.165) is 48.9 Å². The van der Waals surface area contributed by atoms with Gasteiger partial charge >= 0.3 is 0 Å². The lowest BCUT2D eigenvalue weighted by Gasteiger charge is -2.35. The Morgan fingerprint density at radius 2 is 1.69 bits per heavy atom. The molecule has 0 radical (unpaired) electrons. The maximum Gasteiger partial charge on any atom is 0.254 e. The van der Waals surface area contributed by atoms with Crippen LogP contribution in [0.5, 0.6) is 0 Å². The molecule has 0 atom stereocenters. The van der Waals surface area contributed by atoms with E-state index in [1.165, 1.54) is 5.56 Å². The molecule has 1 saturated heterocycles. The number of piperazine rings is 1. The monoisotopic (exact) mass is 363 g/mol. The molecule has 3 aromatic rings. The van der Waals surface area contributed by atoms with Crippen molar-refractivity contribution in [2.75, 3.05) is 31.1 Å². The highest BCUT2D eigenvalue weighted by Crippen LogP contribution is 2.21. The second-order valence-corrected chi connectivity index (χ2v) is 7.29. The van der Waals surface area contributed by atoms with Crippen LogP contribution >= 0.6 is 11.3 Å². The van der Waals surface area contributed by atoms with E-state index < -0.39 is 0 Å². The molecule has 2 heterocycles. The number of thiazole rings is 1. The maximum absolute atomic E-state index is 13.1. The zero-order valence-electron chi connectivity index (χ0n) is 14.5. The number of hydrogen-bond acceptors (Lipinski definition) is 4. The highest BCUT2D eigenvalue weighted by atomic mass is 32.1. The Labute approximate surface area is 157 Å². The zero-order valence-corrected chi connectivity index (χ0v) is 15.4. The minimum Gasteiger partial charge on any atom is -0.345 e. The van der Waals surface area contributed by atoms with E-state index >= 15 is 0 Å². The van der Waals surface area contributed by atoms with Gasteiger partial charge in [0.2, 0.25) is 0 Å². The maximum atomic E-state index is 13.1. The van der Waals surface area contributed by atoms with Crippen molar-refractivity contribution in [2.45, 2.75) is 6.42 Å². The van der Waals surface area contributed by atoms with Crippen molar-refractivity contribution < 1.29 is 4.79 Å². The van der Waals surface area contributed by atoms with Crippen molar-refractivity contribution in [3.63, 3.8) is 0 Å². The minimum atomic E-state index is 0.135. The molecule has 26 heavy (non-hydrogen) atoms. The quantitative estimate of drug-likeness (QED) is 0.709. The minimum absolute atomic E-state index is 0.135. The second-order valence-electron chi connectivity index (χ2n) is 6.41. The number of carbonyl (C=O) groups excluding carboxylic acids is 1. The lowest BCUT2D eigenvalue weighted by atomic mass is 9.99. The zero-order chi connectivity index (χ0) is 17.8. The summed E-state index contributed by atoms with van der Waals surface area (Å²) >= 11 is 1.65. The predicted octanol–water partition coefficient (Wildman–Crippen LogP) is 3.70. The van der Waals surface area contributed by atoms with Crippen LogP contribution < -0.4 is 4.90 Å². The lowest BCUT2D eigenvalue weighted by Crippen LogP contribution is -2.49. The fourth-order valence-corrected chi connectivity index (χ4v) is 4.04. The molecule has 4 rings (SSSR count). The average molecular weight is 363 g/mol. The molecule has 0 saturated carbocycles. The first-order valence-electron chi connectivity index (χ1n) is 8.87. The third-order valence-electron chi connectivity index (χ3n) is 4.74. The van der Waals surface area contributed by atoms with Gasteiger partial charge in [-0.1, -0.05) is 48.5 Å². The normalized spacial score (nSPS) is 14.5. The first kappa shape index (κ1) is 16.8. The van der Waals surface area contributed by atoms with E-state index in [4.69, 9.17) is 0 Å². The number of hydrogen-bond donors (Lipinski definition) is 0. The fraction of sp³-hybridized carbons (Fsp3) is 0.238. The Balaban J connectivity index is 1.47. The summed E-state index contributed by atoms with van der Waals surface area (Å²) in [6, 6.07) is 18.3. The topological polar surface area (TPSA) is 36.4 Å². The molecule has 5 heteroatoms. The van der Waals surface area contributed by atoms with E-state index in [-0.39, 0.29) is 5.91 Å². The predicted molar refractivity (Wildman–Crippen MR) is 106 cm³/mol. The van der Waals surface area contributed by atoms with Gasteiger partial charge < -0.3 is 9.80 Å². The first-order chi connectivity index (χ1) is 12.8. The number of carbonyl (C=O) groups is 1. The van der Waals surface area contributed by atoms with Crippen molar-refractivity contribution in [1.82, 2.24) is 9.88 Å². The van der Waals surface area contributed by atoms with Crippen LogP contribution in [0.4, 0.5) is 5.13 Å². The van der Waals surface area contributed by atoms with Gasteiger partial charge in [0.25, 0.3) is 5.91 Å². The van der Waals surface area contributed by atoms with Crippen LogP contribution in [0.15, 0.2) is 66.2 Å². The summed E-state index contributed by atoms with van der Waals surface area (Å²) in [5.41, 5.74) is 3.13. The van der Waals surface area contributed by atoms with Gasteiger partial charge in [0.15, 0.2) is 5.13 Å². The highest BCUT2D eigenvalue weighted by Gasteiger charge is 2.24. The lowest BCUT2D eigenvalue weighted by molar-refractivity contribution is 0.0746. The van der Waals surface area contributed by atoms with Crippen LogP contribution in [0.1, 0.15) is 21.5 Å². The molecule has 1 aliphatic rings. The number of benzene rings is 2. The molecule has 1 amide bonds. The summed E-state index contributed by atoms with van der Waals surface area (Å²) in [4.78, 5) is 21.7. The Bertz CT molecular complexity index is 856. The van der Waals surface area contributed by atoms with E-state index in [1.54, 1.807) is 11.3 Å². The van der Waals surface area contributed by atoms with Gasteiger partial charge in [0, 0.05) is 43.3 Å². The van der Waals surface area contributed by atoms with Gasteiger partial charge in [-0.15, -0.1) is 11.3 Å². The summed E-state index contributed by atoms with van der Waals surface area (Å²) in [6.45, 7) is 3.14. The molecule has 0 bridgehead atoms. The van der Waals surface area contributed by atoms with Crippen LogP contribution in [0.2, 0.25) is 0 Å². The Morgan fingerprint density at radius 3 is 2.42 bits per heavy atom. The smallest absolute Gasteiger partial charge is 0.254 e. The van der Waals surface area contributed by atoms with Crippen molar-refractivity contribution in [1.29, 1.82) is 0 Å². The molecule has 1 aromatic heterocycles. The van der Waals surface area contributed by atoms with Crippen molar-refractivity contribution >= 4 is 22.4 Å². The van der Waals surface area contributed by atoms with Gasteiger partial charge in [-0.2, -0.15) is 0 Å². The van der Waals surface area contributed by atoms with Crippen molar-refractivity contribution in [3.8, 4) is 0 Å². The van der Waals surface area contributed by atoms with Gasteiger partial charge in [-0.05, 0) is 23.6 Å². The standard InChI is InChI=1S/C21H21N3OS/c25-20(23-11-13-24(14-12-23)21-22-10-15-26-21)19-9-5-4-8-18(19)16-17-6-2-1-3-7-17/h1-10,15H,11-14,16H2. The van der Waals surface area contributed by atoms with E-state index in [1.807, 2.05) is 52.9 Å². The van der Waals surface area contributed by atoms with Gasteiger partial charge in [-0.3, -0.25) is 4.79 Å². The molecular weight excluding hydrogens is 342 g/mol. The summed E-state index contributed by atoms with van der Waals surface area (Å²) < 4.78 is 0. The van der Waals surface area contributed by atoms with Crippen molar-refractivity contribution in [2.24, 2.45) is 0 Å². The Kier molecular flexibility index (Phi) is 4.97. The molecule has 0 N–H and O–H groups in total. The molecule has 0 spiro atoms. The largest absolute Gasteiger partial charge is 0.345 e. The molecule has 2 aromatic carbocycles. The second kappa shape index (κ2) is 7.70. The van der Waals surface area contributed by atoms with Gasteiger partial charge in [-0.25, -0.2) is 4.98 Å². The number of nitrogens with zero attached hydrogens (tertiary/aromatic N) is 3. The Morgan fingerprint density at radius 1 is 0.962 bits per heavy atom. The molecule has 4 nitrogen and oxygen atoms in total. The van der Waals surface area contributed by atoms with E-state index in [9.17, 15) is 4.79 Å². The van der Waals surface area contributed by atoms with Crippen LogP contribution in [0, 0.1) is 0 Å². The van der Waals surface area contributed by atoms with Crippen LogP contribution in [-0.4, -0.2) is 42.0 Å². The van der Waals surface area contributed by atoms with E-state index in [0.29, 0.717) is 0 Å². The molecule has 0 unspecified atom stereocenters. The highest BCUT2D eigenvalue weighted by molar-refractivity contribution is 7.13. The third kappa shape index (κ3) is 3.63. The summed E-state index contributed by atoms with van der Waals surface area (Å²) in [5, 5.41) is 3.04. The number of rotatable bonds is 4. The molecule has 1 aliphatic heterocycles. The van der Waals surface area contributed by atoms with Crippen LogP contribution in [0.3, 0.4) is 0 Å². The van der Waals surface area contributed by atoms with Gasteiger partial charge in [0.1, 0.15) is 0 Å². The number of anilines is 1. The molecule has 0 aliphatic carbocycles.